The van der Waals surface area contributed by atoms with E-state index < -0.39 is 17.8 Å². The van der Waals surface area contributed by atoms with Crippen LogP contribution >= 0.6 is 11.3 Å². The number of hydrogen-bond acceptors (Lipinski definition) is 5. The number of carbonyl (C=O) groups is 2. The molecular formula is C19H25FN4O2S. The summed E-state index contributed by atoms with van der Waals surface area (Å²) in [5, 5.41) is 15.0. The van der Waals surface area contributed by atoms with Crippen molar-refractivity contribution < 1.29 is 14.0 Å². The lowest BCUT2D eigenvalue weighted by atomic mass is 10.0. The van der Waals surface area contributed by atoms with E-state index in [0.717, 1.165) is 17.8 Å². The smallest absolute Gasteiger partial charge is 0.251 e. The Labute approximate surface area is 162 Å². The van der Waals surface area contributed by atoms with Crippen LogP contribution in [0.3, 0.4) is 0 Å². The summed E-state index contributed by atoms with van der Waals surface area (Å²) in [6.07, 6.45) is 1.92. The Morgan fingerprint density at radius 1 is 1.11 bits per heavy atom. The number of nitrogens with zero attached hydrogens (tertiary/aromatic N) is 2. The van der Waals surface area contributed by atoms with Crippen LogP contribution in [0.5, 0.6) is 0 Å². The molecule has 6 nitrogen and oxygen atoms in total. The number of carbonyl (C=O) groups excluding carboxylic acids is 2. The molecule has 0 aliphatic rings. The minimum atomic E-state index is -0.747. The molecule has 1 atom stereocenters. The number of aromatic nitrogens is 2. The Bertz CT molecular complexity index is 772. The first-order valence-electron chi connectivity index (χ1n) is 9.06. The van der Waals surface area contributed by atoms with Gasteiger partial charge in [-0.15, -0.1) is 10.2 Å². The van der Waals surface area contributed by atoms with Gasteiger partial charge in [-0.3, -0.25) is 14.9 Å². The predicted molar refractivity (Wildman–Crippen MR) is 104 cm³/mol. The van der Waals surface area contributed by atoms with Crippen LogP contribution in [0.1, 0.15) is 61.8 Å². The molecule has 2 N–H and O–H groups in total. The van der Waals surface area contributed by atoms with Gasteiger partial charge in [0.05, 0.1) is 0 Å². The summed E-state index contributed by atoms with van der Waals surface area (Å²) >= 11 is 1.36. The zero-order valence-corrected chi connectivity index (χ0v) is 16.8. The lowest BCUT2D eigenvalue weighted by Gasteiger charge is -2.21. The molecule has 0 bridgehead atoms. The van der Waals surface area contributed by atoms with Crippen molar-refractivity contribution in [1.82, 2.24) is 15.5 Å². The molecular weight excluding hydrogens is 367 g/mol. The molecule has 1 aromatic heterocycles. The number of halogens is 1. The highest BCUT2D eigenvalue weighted by Crippen LogP contribution is 2.28. The minimum Gasteiger partial charge on any atom is -0.340 e. The molecule has 0 aliphatic heterocycles. The fourth-order valence-corrected chi connectivity index (χ4v) is 3.64. The van der Waals surface area contributed by atoms with Gasteiger partial charge in [0.1, 0.15) is 16.9 Å². The van der Waals surface area contributed by atoms with Crippen molar-refractivity contribution in [1.29, 1.82) is 0 Å². The van der Waals surface area contributed by atoms with Crippen LogP contribution in [-0.4, -0.2) is 28.1 Å². The average molecular weight is 393 g/mol. The van der Waals surface area contributed by atoms with E-state index >= 15 is 0 Å². The van der Waals surface area contributed by atoms with Gasteiger partial charge < -0.3 is 5.32 Å². The summed E-state index contributed by atoms with van der Waals surface area (Å²) < 4.78 is 13.0. The maximum absolute atomic E-state index is 13.0. The van der Waals surface area contributed by atoms with Gasteiger partial charge in [0.25, 0.3) is 5.91 Å². The Balaban J connectivity index is 2.06. The standard InChI is InChI=1S/C19H25FN4O2S/c1-5-12(6-2)18-23-24-19(27-18)22-17(26)15(11(3)4)21-16(25)13-7-9-14(20)10-8-13/h7-12,15H,5-6H2,1-4H3,(H,21,25)(H,22,24,26). The molecule has 1 unspecified atom stereocenters. The van der Waals surface area contributed by atoms with E-state index in [-0.39, 0.29) is 11.8 Å². The van der Waals surface area contributed by atoms with Crippen LogP contribution in [0.25, 0.3) is 0 Å². The highest BCUT2D eigenvalue weighted by molar-refractivity contribution is 7.15. The number of anilines is 1. The van der Waals surface area contributed by atoms with E-state index in [4.69, 9.17) is 0 Å². The summed E-state index contributed by atoms with van der Waals surface area (Å²) in [5.41, 5.74) is 0.293. The maximum atomic E-state index is 13.0. The van der Waals surface area contributed by atoms with Crippen molar-refractivity contribution in [3.05, 3.63) is 40.7 Å². The zero-order valence-electron chi connectivity index (χ0n) is 16.0. The molecule has 0 fully saturated rings. The van der Waals surface area contributed by atoms with Gasteiger partial charge in [-0.1, -0.05) is 39.0 Å². The molecule has 0 spiro atoms. The summed E-state index contributed by atoms with van der Waals surface area (Å²) in [6, 6.07) is 4.43. The van der Waals surface area contributed by atoms with Gasteiger partial charge in [-0.25, -0.2) is 4.39 Å². The van der Waals surface area contributed by atoms with Gasteiger partial charge in [0, 0.05) is 11.5 Å². The predicted octanol–water partition coefficient (Wildman–Crippen LogP) is 3.97. The second kappa shape index (κ2) is 9.55. The maximum Gasteiger partial charge on any atom is 0.251 e. The second-order valence-corrected chi connectivity index (χ2v) is 7.66. The van der Waals surface area contributed by atoms with Gasteiger partial charge >= 0.3 is 0 Å². The van der Waals surface area contributed by atoms with Crippen LogP contribution in [0.15, 0.2) is 24.3 Å². The molecule has 27 heavy (non-hydrogen) atoms. The second-order valence-electron chi connectivity index (χ2n) is 6.65. The van der Waals surface area contributed by atoms with Crippen LogP contribution in [0, 0.1) is 11.7 Å². The SMILES string of the molecule is CCC(CC)c1nnc(NC(=O)C(NC(=O)c2ccc(F)cc2)C(C)C)s1. The summed E-state index contributed by atoms with van der Waals surface area (Å²) in [5.74, 6) is -1.02. The highest BCUT2D eigenvalue weighted by Gasteiger charge is 2.26. The van der Waals surface area contributed by atoms with E-state index in [0.29, 0.717) is 16.6 Å². The monoisotopic (exact) mass is 392 g/mol. The first-order chi connectivity index (χ1) is 12.8. The average Bonchev–Trinajstić information content (AvgIpc) is 3.09. The van der Waals surface area contributed by atoms with E-state index in [1.165, 1.54) is 35.6 Å². The molecule has 2 rings (SSSR count). The molecule has 1 heterocycles. The van der Waals surface area contributed by atoms with Crippen molar-refractivity contribution in [3.8, 4) is 0 Å². The largest absolute Gasteiger partial charge is 0.340 e. The molecule has 0 saturated heterocycles. The molecule has 146 valence electrons. The van der Waals surface area contributed by atoms with Gasteiger partial charge in [0.2, 0.25) is 11.0 Å². The van der Waals surface area contributed by atoms with Crippen molar-refractivity contribution in [3.63, 3.8) is 0 Å². The Morgan fingerprint density at radius 3 is 2.30 bits per heavy atom. The lowest BCUT2D eigenvalue weighted by molar-refractivity contribution is -0.118. The van der Waals surface area contributed by atoms with Crippen molar-refractivity contribution in [2.75, 3.05) is 5.32 Å². The quantitative estimate of drug-likeness (QED) is 0.712. The van der Waals surface area contributed by atoms with Crippen molar-refractivity contribution in [2.24, 2.45) is 5.92 Å². The third kappa shape index (κ3) is 5.56. The number of nitrogens with one attached hydrogen (secondary N) is 2. The first kappa shape index (κ1) is 21.0. The van der Waals surface area contributed by atoms with Crippen molar-refractivity contribution in [2.45, 2.75) is 52.5 Å². The minimum absolute atomic E-state index is 0.138. The summed E-state index contributed by atoms with van der Waals surface area (Å²) in [4.78, 5) is 25.0. The molecule has 2 aromatic rings. The number of hydrogen-bond donors (Lipinski definition) is 2. The normalized spacial score (nSPS) is 12.3. The van der Waals surface area contributed by atoms with Crippen molar-refractivity contribution >= 4 is 28.3 Å². The van der Waals surface area contributed by atoms with Crippen LogP contribution in [0.4, 0.5) is 9.52 Å². The molecule has 2 amide bonds. The van der Waals surface area contributed by atoms with E-state index in [1.54, 1.807) is 0 Å². The zero-order chi connectivity index (χ0) is 20.0. The number of benzene rings is 1. The highest BCUT2D eigenvalue weighted by atomic mass is 32.1. The van der Waals surface area contributed by atoms with E-state index in [2.05, 4.69) is 34.7 Å². The fraction of sp³-hybridized carbons (Fsp3) is 0.474. The molecule has 1 aromatic carbocycles. The fourth-order valence-electron chi connectivity index (χ4n) is 2.63. The molecule has 0 saturated carbocycles. The van der Waals surface area contributed by atoms with Crippen LogP contribution < -0.4 is 10.6 Å². The Morgan fingerprint density at radius 2 is 1.74 bits per heavy atom. The Kier molecular flexibility index (Phi) is 7.41. The van der Waals surface area contributed by atoms with Crippen LogP contribution in [0.2, 0.25) is 0 Å². The number of rotatable bonds is 8. The van der Waals surface area contributed by atoms with Gasteiger partial charge in [-0.05, 0) is 43.0 Å². The number of amides is 2. The third-order valence-electron chi connectivity index (χ3n) is 4.35. The van der Waals surface area contributed by atoms with Gasteiger partial charge in [-0.2, -0.15) is 0 Å². The molecule has 8 heteroatoms. The topological polar surface area (TPSA) is 84.0 Å². The van der Waals surface area contributed by atoms with Crippen LogP contribution in [-0.2, 0) is 4.79 Å². The third-order valence-corrected chi connectivity index (χ3v) is 5.35. The van der Waals surface area contributed by atoms with E-state index in [1.807, 2.05) is 13.8 Å². The Hall–Kier alpha value is -2.35. The summed E-state index contributed by atoms with van der Waals surface area (Å²) in [6.45, 7) is 7.86. The molecule has 0 aliphatic carbocycles. The van der Waals surface area contributed by atoms with Gasteiger partial charge in [0.15, 0.2) is 0 Å². The lowest BCUT2D eigenvalue weighted by Crippen LogP contribution is -2.47. The molecule has 0 radical (unpaired) electrons. The van der Waals surface area contributed by atoms with E-state index in [9.17, 15) is 14.0 Å². The first-order valence-corrected chi connectivity index (χ1v) is 9.88. The summed E-state index contributed by atoms with van der Waals surface area (Å²) in [7, 11) is 0.